The zero-order valence-corrected chi connectivity index (χ0v) is 10.1. The van der Waals surface area contributed by atoms with Gasteiger partial charge in [0.05, 0.1) is 6.10 Å². The van der Waals surface area contributed by atoms with Gasteiger partial charge in [-0.25, -0.2) is 9.18 Å². The van der Waals surface area contributed by atoms with E-state index in [-0.39, 0.29) is 17.8 Å². The second-order valence-electron chi connectivity index (χ2n) is 3.77. The fourth-order valence-electron chi connectivity index (χ4n) is 1.22. The molecule has 0 radical (unpaired) electrons. The average molecular weight is 254 g/mol. The molecule has 18 heavy (non-hydrogen) atoms. The highest BCUT2D eigenvalue weighted by molar-refractivity contribution is 5.99. The summed E-state index contributed by atoms with van der Waals surface area (Å²) in [6.07, 6.45) is -0.125. The number of primary amides is 1. The molecule has 98 valence electrons. The first-order chi connectivity index (χ1) is 8.38. The van der Waals surface area contributed by atoms with Crippen LogP contribution in [0.2, 0.25) is 0 Å². The van der Waals surface area contributed by atoms with Gasteiger partial charge in [0, 0.05) is 11.8 Å². The number of nitrogens with two attached hydrogens (primary N) is 2. The number of amides is 2. The van der Waals surface area contributed by atoms with E-state index in [0.29, 0.717) is 5.69 Å². The molecule has 5 N–H and O–H groups in total. The maximum Gasteiger partial charge on any atom is 0.341 e. The van der Waals surface area contributed by atoms with Crippen LogP contribution in [0.3, 0.4) is 0 Å². The fraction of sp³-hybridized carbons (Fsp3) is 0.273. The summed E-state index contributed by atoms with van der Waals surface area (Å²) in [5.41, 5.74) is 10.5. The van der Waals surface area contributed by atoms with Crippen LogP contribution in [0.4, 0.5) is 14.9 Å². The van der Waals surface area contributed by atoms with E-state index >= 15 is 0 Å². The van der Waals surface area contributed by atoms with Crippen LogP contribution in [-0.2, 0) is 0 Å². The van der Waals surface area contributed by atoms with Crippen molar-refractivity contribution >= 4 is 17.7 Å². The van der Waals surface area contributed by atoms with Gasteiger partial charge in [-0.3, -0.25) is 0 Å². The minimum atomic E-state index is -0.930. The number of benzene rings is 1. The topological polar surface area (TPSA) is 103 Å². The monoisotopic (exact) mass is 254 g/mol. The van der Waals surface area contributed by atoms with Crippen molar-refractivity contribution < 1.29 is 13.9 Å². The van der Waals surface area contributed by atoms with Gasteiger partial charge in [-0.1, -0.05) is 0 Å². The maximum atomic E-state index is 13.6. The average Bonchev–Trinajstić information content (AvgIpc) is 2.20. The van der Waals surface area contributed by atoms with Crippen LogP contribution in [-0.4, -0.2) is 18.1 Å². The van der Waals surface area contributed by atoms with Gasteiger partial charge in [-0.05, 0) is 26.0 Å². The van der Waals surface area contributed by atoms with Crippen molar-refractivity contribution in [2.45, 2.75) is 20.0 Å². The Morgan fingerprint density at radius 3 is 2.61 bits per heavy atom. The minimum absolute atomic E-state index is 0.125. The molecule has 1 aromatic carbocycles. The number of ether oxygens (including phenoxy) is 1. The zero-order chi connectivity index (χ0) is 13.7. The molecule has 0 saturated carbocycles. The Kier molecular flexibility index (Phi) is 4.47. The summed E-state index contributed by atoms with van der Waals surface area (Å²) in [5.74, 6) is -0.610. The SMILES string of the molecule is CC(C)Oc1ccc(N/C(N)=N/C(N)=O)cc1F. The number of guanidine groups is 1. The highest BCUT2D eigenvalue weighted by atomic mass is 19.1. The number of hydrogen-bond donors (Lipinski definition) is 3. The Morgan fingerprint density at radius 1 is 1.44 bits per heavy atom. The number of nitrogens with zero attached hydrogens (tertiary/aromatic N) is 1. The van der Waals surface area contributed by atoms with Crippen LogP contribution in [0.1, 0.15) is 13.8 Å². The Hall–Kier alpha value is -2.31. The summed E-state index contributed by atoms with van der Waals surface area (Å²) in [6.45, 7) is 3.59. The number of rotatable bonds is 3. The van der Waals surface area contributed by atoms with Crippen molar-refractivity contribution in [2.75, 3.05) is 5.32 Å². The predicted molar refractivity (Wildman–Crippen MR) is 67.0 cm³/mol. The molecule has 0 aromatic heterocycles. The molecule has 7 heteroatoms. The minimum Gasteiger partial charge on any atom is -0.488 e. The Labute approximate surface area is 104 Å². The molecule has 2 amide bonds. The van der Waals surface area contributed by atoms with Crippen LogP contribution < -0.4 is 21.5 Å². The van der Waals surface area contributed by atoms with E-state index in [0.717, 1.165) is 0 Å². The van der Waals surface area contributed by atoms with Gasteiger partial charge in [-0.2, -0.15) is 4.99 Å². The number of halogens is 1. The van der Waals surface area contributed by atoms with Crippen molar-refractivity contribution in [3.8, 4) is 5.75 Å². The smallest absolute Gasteiger partial charge is 0.341 e. The largest absolute Gasteiger partial charge is 0.488 e. The third kappa shape index (κ3) is 4.28. The van der Waals surface area contributed by atoms with Gasteiger partial charge < -0.3 is 21.5 Å². The van der Waals surface area contributed by atoms with Crippen LogP contribution in [0.5, 0.6) is 5.75 Å². The summed E-state index contributed by atoms with van der Waals surface area (Å²) in [4.78, 5) is 13.7. The van der Waals surface area contributed by atoms with E-state index < -0.39 is 11.8 Å². The third-order valence-corrected chi connectivity index (χ3v) is 1.80. The van der Waals surface area contributed by atoms with Crippen LogP contribution in [0.25, 0.3) is 0 Å². The van der Waals surface area contributed by atoms with E-state index in [2.05, 4.69) is 10.3 Å². The first-order valence-electron chi connectivity index (χ1n) is 5.25. The summed E-state index contributed by atoms with van der Waals surface area (Å²) in [6, 6.07) is 3.25. The Morgan fingerprint density at radius 2 is 2.11 bits per heavy atom. The first kappa shape index (κ1) is 13.8. The number of anilines is 1. The molecular formula is C11H15FN4O2. The van der Waals surface area contributed by atoms with Crippen molar-refractivity contribution in [3.05, 3.63) is 24.0 Å². The van der Waals surface area contributed by atoms with E-state index in [9.17, 15) is 9.18 Å². The van der Waals surface area contributed by atoms with Crippen molar-refractivity contribution in [1.29, 1.82) is 0 Å². The van der Waals surface area contributed by atoms with E-state index in [4.69, 9.17) is 16.2 Å². The summed E-state index contributed by atoms with van der Waals surface area (Å²) in [5, 5.41) is 2.53. The lowest BCUT2D eigenvalue weighted by Crippen LogP contribution is -2.25. The molecule has 0 unspecified atom stereocenters. The number of urea groups is 1. The third-order valence-electron chi connectivity index (χ3n) is 1.80. The van der Waals surface area contributed by atoms with Gasteiger partial charge in [0.15, 0.2) is 11.6 Å². The second kappa shape index (κ2) is 5.85. The molecule has 0 spiro atoms. The Balaban J connectivity index is 2.81. The van der Waals surface area contributed by atoms with Gasteiger partial charge in [0.25, 0.3) is 0 Å². The number of aliphatic imine (C=N–C) groups is 1. The zero-order valence-electron chi connectivity index (χ0n) is 10.1. The van der Waals surface area contributed by atoms with Crippen LogP contribution >= 0.6 is 0 Å². The maximum absolute atomic E-state index is 13.6. The lowest BCUT2D eigenvalue weighted by molar-refractivity contribution is 0.231. The second-order valence-corrected chi connectivity index (χ2v) is 3.77. The van der Waals surface area contributed by atoms with E-state index in [1.54, 1.807) is 19.9 Å². The summed E-state index contributed by atoms with van der Waals surface area (Å²) >= 11 is 0. The molecule has 0 aliphatic carbocycles. The summed E-state index contributed by atoms with van der Waals surface area (Å²) < 4.78 is 18.8. The van der Waals surface area contributed by atoms with Gasteiger partial charge >= 0.3 is 6.03 Å². The van der Waals surface area contributed by atoms with Gasteiger partial charge in [-0.15, -0.1) is 0 Å². The van der Waals surface area contributed by atoms with Crippen molar-refractivity contribution in [1.82, 2.24) is 0 Å². The number of nitrogens with one attached hydrogen (secondary N) is 1. The molecule has 1 aromatic rings. The molecule has 0 heterocycles. The molecule has 0 saturated heterocycles. The lowest BCUT2D eigenvalue weighted by atomic mass is 10.3. The molecule has 0 bridgehead atoms. The molecule has 0 aliphatic heterocycles. The highest BCUT2D eigenvalue weighted by Crippen LogP contribution is 2.21. The normalized spacial score (nSPS) is 11.4. The molecule has 0 aliphatic rings. The van der Waals surface area contributed by atoms with Crippen LogP contribution in [0.15, 0.2) is 23.2 Å². The molecule has 6 nitrogen and oxygen atoms in total. The number of carbonyl (C=O) groups is 1. The number of carbonyl (C=O) groups excluding carboxylic acids is 1. The standard InChI is InChI=1S/C11H15FN4O2/c1-6(2)18-9-4-3-7(5-8(9)12)15-10(13)16-11(14)17/h3-6H,1-2H3,(H5,13,14,15,16,17). The highest BCUT2D eigenvalue weighted by Gasteiger charge is 2.07. The van der Waals surface area contributed by atoms with E-state index in [1.165, 1.54) is 12.1 Å². The van der Waals surface area contributed by atoms with Crippen molar-refractivity contribution in [2.24, 2.45) is 16.5 Å². The van der Waals surface area contributed by atoms with E-state index in [1.807, 2.05) is 0 Å². The first-order valence-corrected chi connectivity index (χ1v) is 5.25. The quantitative estimate of drug-likeness (QED) is 0.560. The predicted octanol–water partition coefficient (Wildman–Crippen LogP) is 1.42. The van der Waals surface area contributed by atoms with Gasteiger partial charge in [0.1, 0.15) is 0 Å². The molecule has 1 rings (SSSR count). The van der Waals surface area contributed by atoms with Crippen molar-refractivity contribution in [3.63, 3.8) is 0 Å². The number of hydrogen-bond acceptors (Lipinski definition) is 2. The molecule has 0 atom stereocenters. The molecular weight excluding hydrogens is 239 g/mol. The Bertz CT molecular complexity index is 474. The fourth-order valence-corrected chi connectivity index (χ4v) is 1.22. The lowest BCUT2D eigenvalue weighted by Gasteiger charge is -2.12. The summed E-state index contributed by atoms with van der Waals surface area (Å²) in [7, 11) is 0. The molecule has 0 fully saturated rings. The van der Waals surface area contributed by atoms with Crippen LogP contribution in [0, 0.1) is 5.82 Å². The van der Waals surface area contributed by atoms with Gasteiger partial charge in [0.2, 0.25) is 5.96 Å².